The Bertz CT molecular complexity index is 467. The number of ether oxygens (including phenoxy) is 4. The summed E-state index contributed by atoms with van der Waals surface area (Å²) in [6.07, 6.45) is -11.2. The van der Waals surface area contributed by atoms with Crippen LogP contribution in [0.4, 0.5) is 0 Å². The van der Waals surface area contributed by atoms with Gasteiger partial charge in [-0.3, -0.25) is 0 Å². The maximum absolute atomic E-state index is 10.5. The van der Waals surface area contributed by atoms with Gasteiger partial charge in [-0.2, -0.15) is 0 Å². The molecule has 0 aromatic rings. The summed E-state index contributed by atoms with van der Waals surface area (Å²) < 4.78 is 22.5. The third-order valence-corrected chi connectivity index (χ3v) is 4.76. The van der Waals surface area contributed by atoms with Crippen molar-refractivity contribution in [2.24, 2.45) is 5.92 Å². The van der Waals surface area contributed by atoms with E-state index in [-0.39, 0.29) is 0 Å². The molecule has 0 aliphatic carbocycles. The van der Waals surface area contributed by atoms with Gasteiger partial charge >= 0.3 is 0 Å². The molecular formula is C17H32O10. The van der Waals surface area contributed by atoms with Crippen LogP contribution in [-0.2, 0) is 18.9 Å². The third kappa shape index (κ3) is 5.15. The Morgan fingerprint density at radius 2 is 1.30 bits per heavy atom. The number of hydrogen-bond donors (Lipinski definition) is 6. The van der Waals surface area contributed by atoms with E-state index in [4.69, 9.17) is 18.9 Å². The van der Waals surface area contributed by atoms with Gasteiger partial charge in [-0.05, 0) is 20.8 Å². The van der Waals surface area contributed by atoms with E-state index in [9.17, 15) is 30.6 Å². The Balaban J connectivity index is 2.18. The molecule has 10 atom stereocenters. The zero-order valence-electron chi connectivity index (χ0n) is 16.0. The molecule has 6 N–H and O–H groups in total. The van der Waals surface area contributed by atoms with Crippen molar-refractivity contribution in [3.05, 3.63) is 0 Å². The molecule has 2 aliphatic rings. The van der Waals surface area contributed by atoms with Gasteiger partial charge in [0, 0.05) is 5.92 Å². The van der Waals surface area contributed by atoms with Crippen LogP contribution >= 0.6 is 0 Å². The summed E-state index contributed by atoms with van der Waals surface area (Å²) in [6, 6.07) is 0. The van der Waals surface area contributed by atoms with Crippen molar-refractivity contribution in [3.8, 4) is 0 Å². The summed E-state index contributed by atoms with van der Waals surface area (Å²) in [6.45, 7) is 6.13. The molecule has 2 rings (SSSR count). The Morgan fingerprint density at radius 3 is 1.81 bits per heavy atom. The Hall–Kier alpha value is -0.400. The topological polar surface area (TPSA) is 158 Å². The van der Waals surface area contributed by atoms with Crippen molar-refractivity contribution < 1.29 is 49.6 Å². The minimum absolute atomic E-state index is 0.480. The van der Waals surface area contributed by atoms with Crippen molar-refractivity contribution in [2.75, 3.05) is 13.2 Å². The quantitative estimate of drug-likeness (QED) is 0.298. The fourth-order valence-corrected chi connectivity index (χ4v) is 3.23. The first-order valence-electron chi connectivity index (χ1n) is 9.08. The van der Waals surface area contributed by atoms with Gasteiger partial charge in [-0.15, -0.1) is 0 Å². The second-order valence-electron chi connectivity index (χ2n) is 8.10. The largest absolute Gasteiger partial charge is 0.394 e. The van der Waals surface area contributed by atoms with Crippen LogP contribution < -0.4 is 0 Å². The molecule has 10 unspecified atom stereocenters. The minimum atomic E-state index is -1.60. The smallest absolute Gasteiger partial charge is 0.187 e. The fourth-order valence-electron chi connectivity index (χ4n) is 3.23. The number of aliphatic hydroxyl groups is 6. The summed E-state index contributed by atoms with van der Waals surface area (Å²) >= 11 is 0. The first-order chi connectivity index (χ1) is 12.5. The SMILES string of the molecule is CC1C(OC(C)(C)C)OC(CO)C(O)C1OC1OC(CO)C(O)C(O)C1O. The second kappa shape index (κ2) is 8.95. The van der Waals surface area contributed by atoms with E-state index in [1.165, 1.54) is 0 Å². The van der Waals surface area contributed by atoms with Crippen molar-refractivity contribution in [3.63, 3.8) is 0 Å². The molecule has 10 heteroatoms. The van der Waals surface area contributed by atoms with E-state index >= 15 is 0 Å². The lowest BCUT2D eigenvalue weighted by molar-refractivity contribution is -0.358. The normalized spacial score (nSPS) is 46.4. The van der Waals surface area contributed by atoms with Crippen LogP contribution in [0.15, 0.2) is 0 Å². The molecule has 2 fully saturated rings. The minimum Gasteiger partial charge on any atom is -0.394 e. The summed E-state index contributed by atoms with van der Waals surface area (Å²) in [5.74, 6) is -0.519. The molecule has 160 valence electrons. The van der Waals surface area contributed by atoms with Gasteiger partial charge in [0.1, 0.15) is 36.6 Å². The van der Waals surface area contributed by atoms with Gasteiger partial charge in [-0.1, -0.05) is 6.92 Å². The van der Waals surface area contributed by atoms with E-state index in [0.717, 1.165) is 0 Å². The second-order valence-corrected chi connectivity index (χ2v) is 8.10. The molecule has 2 saturated heterocycles. The molecule has 2 aliphatic heterocycles. The van der Waals surface area contributed by atoms with Gasteiger partial charge in [-0.25, -0.2) is 0 Å². The Morgan fingerprint density at radius 1 is 0.778 bits per heavy atom. The summed E-state index contributed by atoms with van der Waals surface area (Å²) in [4.78, 5) is 0. The van der Waals surface area contributed by atoms with Crippen LogP contribution in [0.1, 0.15) is 27.7 Å². The van der Waals surface area contributed by atoms with Gasteiger partial charge < -0.3 is 49.6 Å². The molecule has 0 bridgehead atoms. The highest BCUT2D eigenvalue weighted by atomic mass is 16.7. The monoisotopic (exact) mass is 396 g/mol. The van der Waals surface area contributed by atoms with E-state index in [0.29, 0.717) is 0 Å². The average Bonchev–Trinajstić information content (AvgIpc) is 2.59. The Kier molecular flexibility index (Phi) is 7.59. The van der Waals surface area contributed by atoms with Crippen LogP contribution in [-0.4, -0.2) is 105 Å². The lowest BCUT2D eigenvalue weighted by Gasteiger charge is -2.47. The zero-order chi connectivity index (χ0) is 20.5. The van der Waals surface area contributed by atoms with E-state index < -0.39 is 80.0 Å². The number of aliphatic hydroxyl groups excluding tert-OH is 6. The molecule has 27 heavy (non-hydrogen) atoms. The fraction of sp³-hybridized carbons (Fsp3) is 1.00. The highest BCUT2D eigenvalue weighted by Crippen LogP contribution is 2.34. The first-order valence-corrected chi connectivity index (χ1v) is 9.08. The maximum Gasteiger partial charge on any atom is 0.187 e. The maximum atomic E-state index is 10.5. The Labute approximate surface area is 158 Å². The molecular weight excluding hydrogens is 364 g/mol. The first kappa shape index (κ1) is 22.9. The lowest BCUT2D eigenvalue weighted by Crippen LogP contribution is -2.63. The van der Waals surface area contributed by atoms with Crippen molar-refractivity contribution in [1.82, 2.24) is 0 Å². The lowest BCUT2D eigenvalue weighted by atomic mass is 9.91. The van der Waals surface area contributed by atoms with Crippen LogP contribution in [0.3, 0.4) is 0 Å². The van der Waals surface area contributed by atoms with Gasteiger partial charge in [0.05, 0.1) is 24.9 Å². The van der Waals surface area contributed by atoms with Crippen LogP contribution in [0.2, 0.25) is 0 Å². The van der Waals surface area contributed by atoms with Crippen LogP contribution in [0.5, 0.6) is 0 Å². The van der Waals surface area contributed by atoms with E-state index in [1.54, 1.807) is 6.92 Å². The predicted octanol–water partition coefficient (Wildman–Crippen LogP) is -2.30. The summed E-state index contributed by atoms with van der Waals surface area (Å²) in [7, 11) is 0. The molecule has 0 aromatic carbocycles. The van der Waals surface area contributed by atoms with Crippen molar-refractivity contribution >= 4 is 0 Å². The average molecular weight is 396 g/mol. The molecule has 0 spiro atoms. The number of rotatable bonds is 5. The van der Waals surface area contributed by atoms with Crippen molar-refractivity contribution in [1.29, 1.82) is 0 Å². The molecule has 2 heterocycles. The van der Waals surface area contributed by atoms with Gasteiger partial charge in [0.15, 0.2) is 12.6 Å². The van der Waals surface area contributed by atoms with Crippen LogP contribution in [0.25, 0.3) is 0 Å². The van der Waals surface area contributed by atoms with Gasteiger partial charge in [0.2, 0.25) is 0 Å². The number of hydrogen-bond acceptors (Lipinski definition) is 10. The predicted molar refractivity (Wildman–Crippen MR) is 90.4 cm³/mol. The standard InChI is InChI=1S/C17H32O10/c1-7-14(11(21)9(6-19)24-15(7)27-17(2,3)4)26-16-13(23)12(22)10(20)8(5-18)25-16/h7-16,18-23H,5-6H2,1-4H3. The highest BCUT2D eigenvalue weighted by Gasteiger charge is 2.50. The zero-order valence-corrected chi connectivity index (χ0v) is 16.0. The molecule has 10 nitrogen and oxygen atoms in total. The molecule has 0 saturated carbocycles. The molecule has 0 radical (unpaired) electrons. The summed E-state index contributed by atoms with van der Waals surface area (Å²) in [5, 5.41) is 59.2. The molecule has 0 amide bonds. The van der Waals surface area contributed by atoms with Gasteiger partial charge in [0.25, 0.3) is 0 Å². The highest BCUT2D eigenvalue weighted by molar-refractivity contribution is 4.93. The summed E-state index contributed by atoms with van der Waals surface area (Å²) in [5.41, 5.74) is -0.561. The third-order valence-electron chi connectivity index (χ3n) is 4.76. The van der Waals surface area contributed by atoms with E-state index in [2.05, 4.69) is 0 Å². The van der Waals surface area contributed by atoms with E-state index in [1.807, 2.05) is 20.8 Å². The molecule has 0 aromatic heterocycles. The van der Waals surface area contributed by atoms with Crippen molar-refractivity contribution in [2.45, 2.75) is 88.6 Å². The van der Waals surface area contributed by atoms with Crippen LogP contribution in [0, 0.1) is 5.92 Å².